The van der Waals surface area contributed by atoms with Crippen LogP contribution in [0.1, 0.15) is 18.5 Å². The summed E-state index contributed by atoms with van der Waals surface area (Å²) in [5.41, 5.74) is 2.01. The molecule has 0 bridgehead atoms. The molecule has 3 aromatic heterocycles. The second-order valence-electron chi connectivity index (χ2n) is 5.91. The Morgan fingerprint density at radius 1 is 1.26 bits per heavy atom. The minimum absolute atomic E-state index is 0.289. The van der Waals surface area contributed by atoms with Gasteiger partial charge in [-0.1, -0.05) is 0 Å². The van der Waals surface area contributed by atoms with Gasteiger partial charge in [-0.3, -0.25) is 9.78 Å². The zero-order valence-electron chi connectivity index (χ0n) is 12.6. The number of anilines is 1. The van der Waals surface area contributed by atoms with E-state index < -0.39 is 11.6 Å². The maximum Gasteiger partial charge on any atom is 0.263 e. The van der Waals surface area contributed by atoms with E-state index in [1.807, 2.05) is 41.8 Å². The molecule has 3 aromatic rings. The molecule has 0 spiro atoms. The Morgan fingerprint density at radius 3 is 2.83 bits per heavy atom. The summed E-state index contributed by atoms with van der Waals surface area (Å²) in [5.74, 6) is -0.243. The average Bonchev–Trinajstić information content (AvgIpc) is 3.16. The Balaban J connectivity index is 1.65. The van der Waals surface area contributed by atoms with E-state index in [1.54, 1.807) is 12.4 Å². The van der Waals surface area contributed by atoms with Crippen molar-refractivity contribution in [2.45, 2.75) is 25.4 Å². The summed E-state index contributed by atoms with van der Waals surface area (Å²) in [7, 11) is 0. The molecule has 1 saturated carbocycles. The first-order chi connectivity index (χ1) is 11.0. The number of carbonyl (C=O) groups excluding carboxylic acids is 1. The SMILES string of the molecule is Cc1cc(-c2ccc3nc(NC(=O)C4(F)CC4)cn3c2)ccn1. The third-order valence-corrected chi connectivity index (χ3v) is 4.02. The fourth-order valence-electron chi connectivity index (χ4n) is 2.51. The van der Waals surface area contributed by atoms with Crippen LogP contribution in [-0.4, -0.2) is 25.9 Å². The van der Waals surface area contributed by atoms with Gasteiger partial charge in [-0.2, -0.15) is 0 Å². The molecule has 0 radical (unpaired) electrons. The molecule has 0 aliphatic heterocycles. The van der Waals surface area contributed by atoms with Gasteiger partial charge in [0.2, 0.25) is 0 Å². The van der Waals surface area contributed by atoms with Crippen LogP contribution in [0.5, 0.6) is 0 Å². The lowest BCUT2D eigenvalue weighted by molar-refractivity contribution is -0.122. The Hall–Kier alpha value is -2.76. The summed E-state index contributed by atoms with van der Waals surface area (Å²) in [4.78, 5) is 20.2. The maximum atomic E-state index is 13.7. The van der Waals surface area contributed by atoms with Gasteiger partial charge in [0.05, 0.1) is 6.20 Å². The summed E-state index contributed by atoms with van der Waals surface area (Å²) < 4.78 is 15.5. The molecule has 6 heteroatoms. The molecule has 0 atom stereocenters. The van der Waals surface area contributed by atoms with Crippen LogP contribution in [0.2, 0.25) is 0 Å². The third kappa shape index (κ3) is 2.56. The van der Waals surface area contributed by atoms with E-state index >= 15 is 0 Å². The largest absolute Gasteiger partial charge is 0.307 e. The molecule has 23 heavy (non-hydrogen) atoms. The highest BCUT2D eigenvalue weighted by atomic mass is 19.1. The van der Waals surface area contributed by atoms with Crippen LogP contribution in [0, 0.1) is 6.92 Å². The van der Waals surface area contributed by atoms with Crippen molar-refractivity contribution in [1.29, 1.82) is 0 Å². The molecule has 1 amide bonds. The number of pyridine rings is 2. The molecule has 4 rings (SSSR count). The van der Waals surface area contributed by atoms with Crippen LogP contribution in [-0.2, 0) is 4.79 Å². The minimum Gasteiger partial charge on any atom is -0.307 e. The molecular weight excluding hydrogens is 295 g/mol. The quantitative estimate of drug-likeness (QED) is 0.808. The number of nitrogens with one attached hydrogen (secondary N) is 1. The second-order valence-corrected chi connectivity index (χ2v) is 5.91. The number of rotatable bonds is 3. The number of nitrogens with zero attached hydrogens (tertiary/aromatic N) is 3. The van der Waals surface area contributed by atoms with E-state index in [9.17, 15) is 9.18 Å². The molecule has 116 valence electrons. The van der Waals surface area contributed by atoms with E-state index in [0.717, 1.165) is 16.8 Å². The van der Waals surface area contributed by atoms with Crippen LogP contribution >= 0.6 is 0 Å². The molecule has 1 N–H and O–H groups in total. The normalized spacial score (nSPS) is 15.6. The van der Waals surface area contributed by atoms with Crippen molar-refractivity contribution < 1.29 is 9.18 Å². The topological polar surface area (TPSA) is 59.3 Å². The lowest BCUT2D eigenvalue weighted by Crippen LogP contribution is -2.25. The van der Waals surface area contributed by atoms with Gasteiger partial charge in [0, 0.05) is 18.1 Å². The van der Waals surface area contributed by atoms with Crippen LogP contribution in [0.3, 0.4) is 0 Å². The Labute approximate surface area is 132 Å². The number of aromatic nitrogens is 3. The molecule has 0 saturated heterocycles. The number of imidazole rings is 1. The number of fused-ring (bicyclic) bond motifs is 1. The van der Waals surface area contributed by atoms with Crippen molar-refractivity contribution >= 4 is 17.4 Å². The zero-order valence-corrected chi connectivity index (χ0v) is 12.6. The fraction of sp³-hybridized carbons (Fsp3) is 0.235. The van der Waals surface area contributed by atoms with Gasteiger partial charge in [-0.25, -0.2) is 9.37 Å². The maximum absolute atomic E-state index is 13.7. The molecule has 3 heterocycles. The van der Waals surface area contributed by atoms with Gasteiger partial charge in [-0.15, -0.1) is 0 Å². The standard InChI is InChI=1S/C17H15FN4O/c1-11-8-12(4-7-19-11)13-2-3-15-20-14(10-22(15)9-13)21-16(23)17(18)5-6-17/h2-4,7-10H,5-6H2,1H3,(H,21,23). The van der Waals surface area contributed by atoms with Gasteiger partial charge in [0.25, 0.3) is 5.91 Å². The van der Waals surface area contributed by atoms with Crippen LogP contribution in [0.25, 0.3) is 16.8 Å². The smallest absolute Gasteiger partial charge is 0.263 e. The van der Waals surface area contributed by atoms with Crippen molar-refractivity contribution in [1.82, 2.24) is 14.4 Å². The lowest BCUT2D eigenvalue weighted by atomic mass is 10.1. The Kier molecular flexibility index (Phi) is 2.94. The highest BCUT2D eigenvalue weighted by molar-refractivity contribution is 5.98. The molecule has 1 fully saturated rings. The summed E-state index contributed by atoms with van der Waals surface area (Å²) in [6.07, 6.45) is 5.96. The highest BCUT2D eigenvalue weighted by Crippen LogP contribution is 2.40. The number of amides is 1. The highest BCUT2D eigenvalue weighted by Gasteiger charge is 2.51. The number of alkyl halides is 1. The third-order valence-electron chi connectivity index (χ3n) is 4.02. The summed E-state index contributed by atoms with van der Waals surface area (Å²) >= 11 is 0. The van der Waals surface area contributed by atoms with Crippen molar-refractivity contribution in [2.24, 2.45) is 0 Å². The molecule has 1 aliphatic carbocycles. The second kappa shape index (κ2) is 4.87. The van der Waals surface area contributed by atoms with E-state index in [-0.39, 0.29) is 12.8 Å². The van der Waals surface area contributed by atoms with Gasteiger partial charge < -0.3 is 9.72 Å². The number of halogens is 1. The fourth-order valence-corrected chi connectivity index (χ4v) is 2.51. The number of aryl methyl sites for hydroxylation is 1. The summed E-state index contributed by atoms with van der Waals surface area (Å²) in [5, 5.41) is 2.55. The van der Waals surface area contributed by atoms with Crippen LogP contribution < -0.4 is 5.32 Å². The van der Waals surface area contributed by atoms with Gasteiger partial charge in [0.15, 0.2) is 11.5 Å². The first kappa shape index (κ1) is 13.9. The first-order valence-electron chi connectivity index (χ1n) is 7.46. The van der Waals surface area contributed by atoms with Crippen molar-refractivity contribution in [2.75, 3.05) is 5.32 Å². The van der Waals surface area contributed by atoms with Crippen molar-refractivity contribution in [3.63, 3.8) is 0 Å². The lowest BCUT2D eigenvalue weighted by Gasteiger charge is -2.03. The Morgan fingerprint density at radius 2 is 2.09 bits per heavy atom. The molecule has 5 nitrogen and oxygen atoms in total. The number of carbonyl (C=O) groups is 1. The number of hydrogen-bond donors (Lipinski definition) is 1. The van der Waals surface area contributed by atoms with E-state index in [1.165, 1.54) is 0 Å². The molecule has 0 aromatic carbocycles. The number of hydrogen-bond acceptors (Lipinski definition) is 3. The minimum atomic E-state index is -1.70. The molecular formula is C17H15FN4O. The van der Waals surface area contributed by atoms with Gasteiger partial charge in [0.1, 0.15) is 5.65 Å². The summed E-state index contributed by atoms with van der Waals surface area (Å²) in [6, 6.07) is 7.76. The van der Waals surface area contributed by atoms with E-state index in [2.05, 4.69) is 15.3 Å². The van der Waals surface area contributed by atoms with Crippen LogP contribution in [0.15, 0.2) is 42.9 Å². The van der Waals surface area contributed by atoms with Crippen LogP contribution in [0.4, 0.5) is 10.2 Å². The summed E-state index contributed by atoms with van der Waals surface area (Å²) in [6.45, 7) is 1.94. The molecule has 0 unspecified atom stereocenters. The monoisotopic (exact) mass is 310 g/mol. The van der Waals surface area contributed by atoms with E-state index in [0.29, 0.717) is 11.5 Å². The molecule has 1 aliphatic rings. The predicted octanol–water partition coefficient (Wildman–Crippen LogP) is 3.15. The predicted molar refractivity (Wildman–Crippen MR) is 84.9 cm³/mol. The average molecular weight is 310 g/mol. The van der Waals surface area contributed by atoms with Gasteiger partial charge >= 0.3 is 0 Å². The zero-order chi connectivity index (χ0) is 16.0. The van der Waals surface area contributed by atoms with E-state index in [4.69, 9.17) is 0 Å². The van der Waals surface area contributed by atoms with Crippen molar-refractivity contribution in [3.8, 4) is 11.1 Å². The van der Waals surface area contributed by atoms with Crippen molar-refractivity contribution in [3.05, 3.63) is 48.5 Å². The van der Waals surface area contributed by atoms with Gasteiger partial charge in [-0.05, 0) is 55.2 Å². The Bertz CT molecular complexity index is 914. The first-order valence-corrected chi connectivity index (χ1v) is 7.46.